The summed E-state index contributed by atoms with van der Waals surface area (Å²) >= 11 is 0. The van der Waals surface area contributed by atoms with E-state index in [-0.39, 0.29) is 11.8 Å². The van der Waals surface area contributed by atoms with Gasteiger partial charge in [-0.1, -0.05) is 0 Å². The molecular formula is C21H34N4O3. The van der Waals surface area contributed by atoms with Crippen molar-refractivity contribution in [3.8, 4) is 0 Å². The van der Waals surface area contributed by atoms with E-state index in [9.17, 15) is 9.90 Å². The zero-order valence-electron chi connectivity index (χ0n) is 17.7. The van der Waals surface area contributed by atoms with Gasteiger partial charge in [-0.15, -0.1) is 0 Å². The maximum atomic E-state index is 12.9. The lowest BCUT2D eigenvalue weighted by Crippen LogP contribution is -2.46. The van der Waals surface area contributed by atoms with Crippen LogP contribution in [0, 0.1) is 17.8 Å². The van der Waals surface area contributed by atoms with Crippen LogP contribution in [0.5, 0.6) is 0 Å². The maximum absolute atomic E-state index is 12.9. The number of amides is 1. The van der Waals surface area contributed by atoms with E-state index in [1.807, 2.05) is 45.7 Å². The number of hydrogen-bond donors (Lipinski definition) is 2. The van der Waals surface area contributed by atoms with Crippen LogP contribution in [-0.4, -0.2) is 50.6 Å². The quantitative estimate of drug-likeness (QED) is 0.750. The van der Waals surface area contributed by atoms with E-state index < -0.39 is 17.6 Å². The van der Waals surface area contributed by atoms with Gasteiger partial charge in [0.1, 0.15) is 5.82 Å². The molecule has 0 bridgehead atoms. The van der Waals surface area contributed by atoms with Crippen molar-refractivity contribution in [3.05, 3.63) is 17.7 Å². The second-order valence-electron chi connectivity index (χ2n) is 10.2. The second-order valence-corrected chi connectivity index (χ2v) is 10.2. The number of rotatable bonds is 5. The molecule has 2 fully saturated rings. The molecule has 156 valence electrons. The maximum Gasteiger partial charge on any atom is 0.224 e. The van der Waals surface area contributed by atoms with Crippen LogP contribution in [0.1, 0.15) is 59.0 Å². The number of imidazole rings is 1. The summed E-state index contributed by atoms with van der Waals surface area (Å²) in [5, 5.41) is 13.5. The van der Waals surface area contributed by atoms with E-state index in [2.05, 4.69) is 14.9 Å². The number of fused-ring (bicyclic) bond motifs is 2. The van der Waals surface area contributed by atoms with Gasteiger partial charge in [0, 0.05) is 37.4 Å². The Kier molecular flexibility index (Phi) is 4.83. The highest BCUT2D eigenvalue weighted by Gasteiger charge is 2.60. The number of nitrogens with one attached hydrogen (secondary N) is 1. The Labute approximate surface area is 167 Å². The molecule has 1 aliphatic carbocycles. The van der Waals surface area contributed by atoms with Gasteiger partial charge in [-0.2, -0.15) is 0 Å². The predicted octanol–water partition coefficient (Wildman–Crippen LogP) is 1.84. The fourth-order valence-corrected chi connectivity index (χ4v) is 4.90. The number of ether oxygens (including phenoxy) is 1. The fraction of sp³-hybridized carbons (Fsp3) is 0.810. The third kappa shape index (κ3) is 3.72. The van der Waals surface area contributed by atoms with Gasteiger partial charge in [-0.3, -0.25) is 9.69 Å². The predicted molar refractivity (Wildman–Crippen MR) is 105 cm³/mol. The standard InChI is InChI=1S/C21H34N4O3/c1-20(2,3)28-19(27)24-11-14-15(12-24)16(14)17(26)23-21(4,5)18-22-10-13-8-6-7-9-25(13)18/h10,14-16,19,27H,6-9,11-12H2,1-5H3,(H,23,26)/t14-,15+,16?,19?. The van der Waals surface area contributed by atoms with Crippen molar-refractivity contribution in [1.29, 1.82) is 0 Å². The lowest BCUT2D eigenvalue weighted by atomic mass is 10.0. The highest BCUT2D eigenvalue weighted by atomic mass is 16.6. The lowest BCUT2D eigenvalue weighted by molar-refractivity contribution is -0.236. The van der Waals surface area contributed by atoms with Crippen LogP contribution in [-0.2, 0) is 28.0 Å². The van der Waals surface area contributed by atoms with Crippen LogP contribution in [0.15, 0.2) is 6.20 Å². The van der Waals surface area contributed by atoms with Crippen LogP contribution in [0.4, 0.5) is 0 Å². The molecule has 7 nitrogen and oxygen atoms in total. The molecular weight excluding hydrogens is 356 g/mol. The number of nitrogens with zero attached hydrogens (tertiary/aromatic N) is 3. The highest BCUT2D eigenvalue weighted by molar-refractivity contribution is 5.83. The first kappa shape index (κ1) is 19.9. The fourth-order valence-electron chi connectivity index (χ4n) is 4.90. The zero-order chi connectivity index (χ0) is 20.3. The van der Waals surface area contributed by atoms with Gasteiger partial charge in [0.2, 0.25) is 12.3 Å². The molecule has 1 saturated carbocycles. The van der Waals surface area contributed by atoms with Crippen molar-refractivity contribution in [1.82, 2.24) is 19.8 Å². The minimum Gasteiger partial charge on any atom is -0.356 e. The molecule has 1 amide bonds. The van der Waals surface area contributed by atoms with E-state index in [4.69, 9.17) is 4.74 Å². The van der Waals surface area contributed by atoms with Crippen molar-refractivity contribution < 1.29 is 14.6 Å². The Hall–Kier alpha value is -1.44. The average molecular weight is 391 g/mol. The molecule has 1 aromatic rings. The molecule has 0 spiro atoms. The molecule has 2 aliphatic heterocycles. The summed E-state index contributed by atoms with van der Waals surface area (Å²) in [5.74, 6) is 1.72. The minimum absolute atomic E-state index is 0.0353. The number of aryl methyl sites for hydroxylation is 1. The first-order valence-corrected chi connectivity index (χ1v) is 10.5. The summed E-state index contributed by atoms with van der Waals surface area (Å²) in [6, 6.07) is 0. The number of carbonyl (C=O) groups excluding carboxylic acids is 1. The molecule has 0 radical (unpaired) electrons. The van der Waals surface area contributed by atoms with Crippen LogP contribution in [0.25, 0.3) is 0 Å². The van der Waals surface area contributed by atoms with Crippen molar-refractivity contribution in [2.45, 2.75) is 78.0 Å². The van der Waals surface area contributed by atoms with Crippen LogP contribution in [0.3, 0.4) is 0 Å². The topological polar surface area (TPSA) is 79.6 Å². The third-order valence-electron chi connectivity index (χ3n) is 6.29. The molecule has 1 saturated heterocycles. The number of hydrogen-bond acceptors (Lipinski definition) is 5. The van der Waals surface area contributed by atoms with Crippen molar-refractivity contribution in [3.63, 3.8) is 0 Å². The molecule has 4 rings (SSSR count). The average Bonchev–Trinajstić information content (AvgIpc) is 2.96. The summed E-state index contributed by atoms with van der Waals surface area (Å²) in [6.07, 6.45) is 4.51. The number of carbonyl (C=O) groups is 1. The van der Waals surface area contributed by atoms with E-state index in [1.165, 1.54) is 18.5 Å². The molecule has 3 heterocycles. The van der Waals surface area contributed by atoms with Gasteiger partial charge >= 0.3 is 0 Å². The second kappa shape index (κ2) is 6.82. The number of likely N-dealkylation sites (tertiary alicyclic amines) is 1. The van der Waals surface area contributed by atoms with E-state index in [0.717, 1.165) is 18.8 Å². The number of aliphatic hydroxyl groups excluding tert-OH is 1. The summed E-state index contributed by atoms with van der Waals surface area (Å²) in [7, 11) is 0. The molecule has 3 aliphatic rings. The summed E-state index contributed by atoms with van der Waals surface area (Å²) in [6.45, 7) is 12.3. The lowest BCUT2D eigenvalue weighted by Gasteiger charge is -2.32. The monoisotopic (exact) mass is 390 g/mol. The van der Waals surface area contributed by atoms with Gasteiger partial charge in [0.15, 0.2) is 0 Å². The third-order valence-corrected chi connectivity index (χ3v) is 6.29. The van der Waals surface area contributed by atoms with Crippen LogP contribution < -0.4 is 5.32 Å². The Morgan fingerprint density at radius 3 is 2.57 bits per heavy atom. The Bertz CT molecular complexity index is 739. The SMILES string of the molecule is CC(C)(C)OC(O)N1C[C@@H]2C(C(=O)NC(C)(C)c3ncc4n3CCCC4)[C@@H]2C1. The summed E-state index contributed by atoms with van der Waals surface area (Å²) < 4.78 is 7.92. The van der Waals surface area contributed by atoms with Crippen molar-refractivity contribution >= 4 is 5.91 Å². The molecule has 7 heteroatoms. The van der Waals surface area contributed by atoms with E-state index in [1.54, 1.807) is 0 Å². The molecule has 0 aromatic carbocycles. The normalized spacial score (nSPS) is 28.6. The van der Waals surface area contributed by atoms with Crippen molar-refractivity contribution in [2.75, 3.05) is 13.1 Å². The van der Waals surface area contributed by atoms with Gasteiger partial charge in [0.05, 0.1) is 11.1 Å². The largest absolute Gasteiger partial charge is 0.356 e. The van der Waals surface area contributed by atoms with Gasteiger partial charge in [-0.05, 0) is 65.7 Å². The molecule has 2 unspecified atom stereocenters. The van der Waals surface area contributed by atoms with Crippen LogP contribution in [0.2, 0.25) is 0 Å². The molecule has 28 heavy (non-hydrogen) atoms. The minimum atomic E-state index is -0.899. The van der Waals surface area contributed by atoms with Crippen LogP contribution >= 0.6 is 0 Å². The first-order valence-electron chi connectivity index (χ1n) is 10.5. The molecule has 4 atom stereocenters. The van der Waals surface area contributed by atoms with Crippen molar-refractivity contribution in [2.24, 2.45) is 17.8 Å². The van der Waals surface area contributed by atoms with E-state index in [0.29, 0.717) is 24.9 Å². The molecule has 2 N–H and O–H groups in total. The van der Waals surface area contributed by atoms with Gasteiger partial charge < -0.3 is 19.7 Å². The Balaban J connectivity index is 1.34. The molecule has 1 aromatic heterocycles. The number of piperidine rings is 1. The number of aromatic nitrogens is 2. The first-order chi connectivity index (χ1) is 13.1. The Morgan fingerprint density at radius 2 is 1.93 bits per heavy atom. The zero-order valence-corrected chi connectivity index (χ0v) is 17.7. The van der Waals surface area contributed by atoms with Gasteiger partial charge in [0.25, 0.3) is 0 Å². The van der Waals surface area contributed by atoms with Gasteiger partial charge in [-0.25, -0.2) is 4.98 Å². The van der Waals surface area contributed by atoms with E-state index >= 15 is 0 Å². The Morgan fingerprint density at radius 1 is 1.25 bits per heavy atom. The summed E-state index contributed by atoms with van der Waals surface area (Å²) in [4.78, 5) is 19.5. The highest BCUT2D eigenvalue weighted by Crippen LogP contribution is 2.52. The number of aliphatic hydroxyl groups is 1. The smallest absolute Gasteiger partial charge is 0.224 e. The summed E-state index contributed by atoms with van der Waals surface area (Å²) in [5.41, 5.74) is 0.393.